The van der Waals surface area contributed by atoms with Crippen LogP contribution >= 0.6 is 0 Å². The second-order valence-electron chi connectivity index (χ2n) is 6.80. The molecule has 0 aliphatic heterocycles. The first-order valence-corrected chi connectivity index (χ1v) is 8.91. The molecule has 2 amide bonds. The lowest BCUT2D eigenvalue weighted by Gasteiger charge is -2.35. The van der Waals surface area contributed by atoms with Crippen molar-refractivity contribution < 1.29 is 9.59 Å². The molecule has 1 saturated carbocycles. The number of nitrogens with two attached hydrogens (primary N) is 1. The van der Waals surface area contributed by atoms with Crippen molar-refractivity contribution >= 4 is 11.8 Å². The number of carbonyl (C=O) groups is 2. The lowest BCUT2D eigenvalue weighted by atomic mass is 9.71. The molecule has 0 saturated heterocycles. The van der Waals surface area contributed by atoms with Gasteiger partial charge in [0.05, 0.1) is 6.54 Å². The maximum Gasteiger partial charge on any atom is 0.239 e. The highest BCUT2D eigenvalue weighted by Gasteiger charge is 2.32. The molecule has 1 aliphatic carbocycles. The van der Waals surface area contributed by atoms with E-state index in [4.69, 9.17) is 5.73 Å². The van der Waals surface area contributed by atoms with Crippen molar-refractivity contribution in [2.24, 2.45) is 11.1 Å². The fourth-order valence-electron chi connectivity index (χ4n) is 3.39. The molecular formula is C19H29N3O2. The van der Waals surface area contributed by atoms with Gasteiger partial charge < -0.3 is 16.4 Å². The number of hydrogen-bond donors (Lipinski definition) is 3. The summed E-state index contributed by atoms with van der Waals surface area (Å²) >= 11 is 0. The summed E-state index contributed by atoms with van der Waals surface area (Å²) < 4.78 is 0. The van der Waals surface area contributed by atoms with E-state index in [1.165, 1.54) is 12.0 Å². The molecule has 0 bridgehead atoms. The molecule has 1 aromatic rings. The molecule has 1 fully saturated rings. The summed E-state index contributed by atoms with van der Waals surface area (Å²) in [6.07, 6.45) is 6.76. The molecule has 1 aliphatic rings. The summed E-state index contributed by atoms with van der Waals surface area (Å²) in [6.45, 7) is 1.16. The minimum absolute atomic E-state index is 0.0360. The average Bonchev–Trinajstić information content (AvgIpc) is 2.62. The number of rotatable bonds is 8. The number of hydrogen-bond acceptors (Lipinski definition) is 3. The minimum atomic E-state index is -0.148. The highest BCUT2D eigenvalue weighted by atomic mass is 16.2. The predicted octanol–water partition coefficient (Wildman–Crippen LogP) is 1.76. The van der Waals surface area contributed by atoms with Gasteiger partial charge in [-0.05, 0) is 36.8 Å². The van der Waals surface area contributed by atoms with Crippen molar-refractivity contribution in [3.8, 4) is 0 Å². The molecule has 4 N–H and O–H groups in total. The van der Waals surface area contributed by atoms with Crippen molar-refractivity contribution in [2.45, 2.75) is 44.9 Å². The van der Waals surface area contributed by atoms with E-state index in [2.05, 4.69) is 10.6 Å². The fraction of sp³-hybridized carbons (Fsp3) is 0.579. The Kier molecular flexibility index (Phi) is 7.25. The van der Waals surface area contributed by atoms with E-state index >= 15 is 0 Å². The van der Waals surface area contributed by atoms with Crippen LogP contribution in [0.3, 0.4) is 0 Å². The Hall–Kier alpha value is -1.88. The van der Waals surface area contributed by atoms with Gasteiger partial charge in [0.2, 0.25) is 11.8 Å². The Balaban J connectivity index is 1.64. The molecule has 5 nitrogen and oxygen atoms in total. The minimum Gasteiger partial charge on any atom is -0.354 e. The fourth-order valence-corrected chi connectivity index (χ4v) is 3.39. The smallest absolute Gasteiger partial charge is 0.239 e. The van der Waals surface area contributed by atoms with Gasteiger partial charge in [-0.15, -0.1) is 0 Å². The largest absolute Gasteiger partial charge is 0.354 e. The van der Waals surface area contributed by atoms with E-state index in [9.17, 15) is 9.59 Å². The van der Waals surface area contributed by atoms with E-state index in [1.807, 2.05) is 30.3 Å². The molecule has 0 atom stereocenters. The van der Waals surface area contributed by atoms with Crippen LogP contribution in [-0.2, 0) is 16.0 Å². The molecule has 2 rings (SSSR count). The normalized spacial score (nSPS) is 16.4. The molecule has 0 spiro atoms. The summed E-state index contributed by atoms with van der Waals surface area (Å²) in [4.78, 5) is 24.0. The van der Waals surface area contributed by atoms with Crippen LogP contribution in [0.1, 0.15) is 44.1 Å². The van der Waals surface area contributed by atoms with Crippen LogP contribution in [0.5, 0.6) is 0 Å². The summed E-state index contributed by atoms with van der Waals surface area (Å²) in [5.74, 6) is -0.217. The van der Waals surface area contributed by atoms with Gasteiger partial charge in [0.25, 0.3) is 0 Å². The number of amides is 2. The van der Waals surface area contributed by atoms with Gasteiger partial charge in [-0.2, -0.15) is 0 Å². The number of benzene rings is 1. The summed E-state index contributed by atoms with van der Waals surface area (Å²) in [7, 11) is 0. The summed E-state index contributed by atoms with van der Waals surface area (Å²) in [5.41, 5.74) is 7.03. The Labute approximate surface area is 144 Å². The zero-order valence-electron chi connectivity index (χ0n) is 14.4. The van der Waals surface area contributed by atoms with Crippen molar-refractivity contribution in [3.05, 3.63) is 35.9 Å². The lowest BCUT2D eigenvalue weighted by Crippen LogP contribution is -2.42. The standard InChI is InChI=1S/C19H29N3O2/c20-15-19(10-5-2-6-11-19)13-17(23)22-14-18(24)21-12-9-16-7-3-1-4-8-16/h1,3-4,7-8H,2,5-6,9-15,20H2,(H,21,24)(H,22,23). The Morgan fingerprint density at radius 3 is 2.38 bits per heavy atom. The van der Waals surface area contributed by atoms with Crippen molar-refractivity contribution in [2.75, 3.05) is 19.6 Å². The first kappa shape index (κ1) is 18.5. The quantitative estimate of drug-likeness (QED) is 0.679. The van der Waals surface area contributed by atoms with Crippen LogP contribution < -0.4 is 16.4 Å². The van der Waals surface area contributed by atoms with Gasteiger partial charge >= 0.3 is 0 Å². The van der Waals surface area contributed by atoms with Crippen LogP contribution in [0.15, 0.2) is 30.3 Å². The lowest BCUT2D eigenvalue weighted by molar-refractivity contribution is -0.127. The molecule has 0 unspecified atom stereocenters. The third-order valence-corrected chi connectivity index (χ3v) is 4.91. The molecular weight excluding hydrogens is 302 g/mol. The van der Waals surface area contributed by atoms with Crippen LogP contribution in [0, 0.1) is 5.41 Å². The van der Waals surface area contributed by atoms with E-state index in [-0.39, 0.29) is 23.8 Å². The second kappa shape index (κ2) is 9.42. The SMILES string of the molecule is NCC1(CC(=O)NCC(=O)NCCc2ccccc2)CCCCC1. The van der Waals surface area contributed by atoms with E-state index in [0.717, 1.165) is 32.1 Å². The van der Waals surface area contributed by atoms with Crippen molar-refractivity contribution in [3.63, 3.8) is 0 Å². The first-order valence-electron chi connectivity index (χ1n) is 8.91. The maximum absolute atomic E-state index is 12.1. The zero-order chi connectivity index (χ0) is 17.3. The van der Waals surface area contributed by atoms with Crippen LogP contribution in [-0.4, -0.2) is 31.4 Å². The molecule has 1 aromatic carbocycles. The number of carbonyl (C=O) groups excluding carboxylic acids is 2. The average molecular weight is 331 g/mol. The Morgan fingerprint density at radius 2 is 1.71 bits per heavy atom. The van der Waals surface area contributed by atoms with E-state index in [1.54, 1.807) is 0 Å². The summed E-state index contributed by atoms with van der Waals surface area (Å²) in [6, 6.07) is 10.00. The van der Waals surface area contributed by atoms with Crippen LogP contribution in [0.4, 0.5) is 0 Å². The van der Waals surface area contributed by atoms with Gasteiger partial charge in [0.15, 0.2) is 0 Å². The molecule has 0 aromatic heterocycles. The van der Waals surface area contributed by atoms with Crippen molar-refractivity contribution in [1.82, 2.24) is 10.6 Å². The molecule has 5 heteroatoms. The molecule has 24 heavy (non-hydrogen) atoms. The zero-order valence-corrected chi connectivity index (χ0v) is 14.4. The molecule has 0 heterocycles. The Bertz CT molecular complexity index is 525. The third-order valence-electron chi connectivity index (χ3n) is 4.91. The third kappa shape index (κ3) is 5.96. The van der Waals surface area contributed by atoms with Gasteiger partial charge in [0.1, 0.15) is 0 Å². The monoisotopic (exact) mass is 331 g/mol. The molecule has 132 valence electrons. The highest BCUT2D eigenvalue weighted by Crippen LogP contribution is 2.38. The summed E-state index contributed by atoms with van der Waals surface area (Å²) in [5, 5.41) is 5.57. The van der Waals surface area contributed by atoms with Gasteiger partial charge in [-0.1, -0.05) is 49.6 Å². The highest BCUT2D eigenvalue weighted by molar-refractivity contribution is 5.84. The van der Waals surface area contributed by atoms with Gasteiger partial charge in [-0.25, -0.2) is 0 Å². The predicted molar refractivity (Wildman–Crippen MR) is 95.4 cm³/mol. The van der Waals surface area contributed by atoms with Crippen LogP contribution in [0.2, 0.25) is 0 Å². The van der Waals surface area contributed by atoms with Gasteiger partial charge in [-0.3, -0.25) is 9.59 Å². The van der Waals surface area contributed by atoms with E-state index in [0.29, 0.717) is 19.5 Å². The van der Waals surface area contributed by atoms with E-state index < -0.39 is 0 Å². The topological polar surface area (TPSA) is 84.2 Å². The maximum atomic E-state index is 12.1. The molecule has 0 radical (unpaired) electrons. The van der Waals surface area contributed by atoms with Crippen LogP contribution in [0.25, 0.3) is 0 Å². The Morgan fingerprint density at radius 1 is 1.00 bits per heavy atom. The second-order valence-corrected chi connectivity index (χ2v) is 6.80. The first-order chi connectivity index (χ1) is 11.6. The number of nitrogens with one attached hydrogen (secondary N) is 2. The van der Waals surface area contributed by atoms with Crippen molar-refractivity contribution in [1.29, 1.82) is 0 Å². The van der Waals surface area contributed by atoms with Gasteiger partial charge in [0, 0.05) is 13.0 Å².